The van der Waals surface area contributed by atoms with Gasteiger partial charge >= 0.3 is 0 Å². The minimum absolute atomic E-state index is 0. The van der Waals surface area contributed by atoms with Crippen LogP contribution in [0.4, 0.5) is 0 Å². The van der Waals surface area contributed by atoms with E-state index in [2.05, 4.69) is 0 Å². The summed E-state index contributed by atoms with van der Waals surface area (Å²) in [7, 11) is 0. The Morgan fingerprint density at radius 1 is 1.00 bits per heavy atom. The maximum atomic E-state index is 0. The van der Waals surface area contributed by atoms with Crippen molar-refractivity contribution in [1.82, 2.24) is 0 Å². The summed E-state index contributed by atoms with van der Waals surface area (Å²) in [5, 5.41) is 0. The first-order valence-electron chi connectivity index (χ1n) is 0. The van der Waals surface area contributed by atoms with Crippen molar-refractivity contribution in [2.45, 2.75) is 7.43 Å². The molecule has 0 saturated carbocycles. The Kier molecular flexibility index (Phi) is 480. The molecular formula is CH4CrMnSiTi. The maximum Gasteiger partial charge on any atom is 0 e. The molecule has 29 valence electrons. The first-order chi connectivity index (χ1) is 0. The predicted octanol–water partition coefficient (Wildman–Crippen LogP) is 0.248. The molecule has 0 aliphatic rings. The largest absolute Gasteiger partial charge is 0.0776 e. The molecule has 0 heterocycles. The fourth-order valence-electron chi connectivity index (χ4n) is 0. The summed E-state index contributed by atoms with van der Waals surface area (Å²) in [5.74, 6) is 0. The van der Waals surface area contributed by atoms with Gasteiger partial charge in [-0.25, -0.2) is 0 Å². The second-order valence-corrected chi connectivity index (χ2v) is 0. The van der Waals surface area contributed by atoms with E-state index in [9.17, 15) is 0 Å². The molecule has 5 radical (unpaired) electrons. The van der Waals surface area contributed by atoms with Gasteiger partial charge in [-0.1, -0.05) is 7.43 Å². The van der Waals surface area contributed by atoms with E-state index in [-0.39, 0.29) is 74.5 Å². The van der Waals surface area contributed by atoms with Gasteiger partial charge in [-0.15, -0.1) is 0 Å². The molecule has 0 aliphatic carbocycles. The van der Waals surface area contributed by atoms with Gasteiger partial charge in [0.25, 0.3) is 0 Å². The normalized spacial score (nSPS) is 0. The smallest absolute Gasteiger partial charge is 0 e. The summed E-state index contributed by atoms with van der Waals surface area (Å²) in [6.07, 6.45) is 0. The summed E-state index contributed by atoms with van der Waals surface area (Å²) in [6, 6.07) is 0. The second kappa shape index (κ2) is 37.8. The molecule has 0 aromatic heterocycles. The fraction of sp³-hybridized carbons (Fsp3) is 1.00. The van der Waals surface area contributed by atoms with Gasteiger partial charge in [-0.05, 0) is 0 Å². The quantitative estimate of drug-likeness (QED) is 0.490. The van der Waals surface area contributed by atoms with Crippen LogP contribution in [0.2, 0.25) is 0 Å². The molecule has 0 unspecified atom stereocenters. The molecule has 4 heteroatoms. The zero-order chi connectivity index (χ0) is 0. The van der Waals surface area contributed by atoms with E-state index >= 15 is 0 Å². The molecule has 0 spiro atoms. The average molecular weight is 199 g/mol. The first kappa shape index (κ1) is 63.6. The Morgan fingerprint density at radius 2 is 1.00 bits per heavy atom. The molecule has 5 heavy (non-hydrogen) atoms. The van der Waals surface area contributed by atoms with Crippen LogP contribution in [0, 0.1) is 0 Å². The molecule has 0 aliphatic heterocycles. The van der Waals surface area contributed by atoms with E-state index in [0.29, 0.717) is 0 Å². The average Bonchev–Trinajstić information content (AvgIpc) is 0. The Balaban J connectivity index is 0. The van der Waals surface area contributed by atoms with Gasteiger partial charge in [-0.2, -0.15) is 0 Å². The van der Waals surface area contributed by atoms with Gasteiger partial charge < -0.3 is 0 Å². The van der Waals surface area contributed by atoms with Crippen LogP contribution in [0.15, 0.2) is 0 Å². The van der Waals surface area contributed by atoms with Crippen LogP contribution < -0.4 is 0 Å². The Hall–Kier alpha value is 1.98. The molecule has 0 fully saturated rings. The van der Waals surface area contributed by atoms with Gasteiger partial charge in [0.2, 0.25) is 0 Å². The van der Waals surface area contributed by atoms with Gasteiger partial charge in [0.05, 0.1) is 0 Å². The molecule has 0 saturated heterocycles. The van der Waals surface area contributed by atoms with Crippen LogP contribution in [0.3, 0.4) is 0 Å². The van der Waals surface area contributed by atoms with E-state index in [1.807, 2.05) is 0 Å². The van der Waals surface area contributed by atoms with Crippen molar-refractivity contribution >= 4 is 11.0 Å². The Morgan fingerprint density at radius 3 is 1.00 bits per heavy atom. The van der Waals surface area contributed by atoms with Crippen LogP contribution in [0.1, 0.15) is 7.43 Å². The van der Waals surface area contributed by atoms with E-state index in [1.165, 1.54) is 0 Å². The summed E-state index contributed by atoms with van der Waals surface area (Å²) in [6.45, 7) is 0. The molecular weight excluding hydrogens is 195 g/mol. The SMILES string of the molecule is C.[Cr].[Mn].[Si].[Ti]. The predicted molar refractivity (Wildman–Crippen MR) is 12.5 cm³/mol. The van der Waals surface area contributed by atoms with Gasteiger partial charge in [-0.3, -0.25) is 0 Å². The Bertz CT molecular complexity index is 11.6. The topological polar surface area (TPSA) is 0 Å². The zero-order valence-corrected chi connectivity index (χ0v) is 6.80. The van der Waals surface area contributed by atoms with Crippen LogP contribution in [0.25, 0.3) is 0 Å². The second-order valence-electron chi connectivity index (χ2n) is 0. The fourth-order valence-corrected chi connectivity index (χ4v) is 0. The van der Waals surface area contributed by atoms with Crippen molar-refractivity contribution in [2.75, 3.05) is 0 Å². The zero-order valence-electron chi connectivity index (χ0n) is 1.79. The van der Waals surface area contributed by atoms with Crippen molar-refractivity contribution in [2.24, 2.45) is 0 Å². The molecule has 0 N–H and O–H groups in total. The summed E-state index contributed by atoms with van der Waals surface area (Å²) < 4.78 is 0. The number of rotatable bonds is 0. The van der Waals surface area contributed by atoms with E-state index in [4.69, 9.17) is 0 Å². The third kappa shape index (κ3) is 24.1. The van der Waals surface area contributed by atoms with Crippen LogP contribution in [-0.2, 0) is 56.1 Å². The number of hydrogen-bond acceptors (Lipinski definition) is 0. The molecule has 0 atom stereocenters. The van der Waals surface area contributed by atoms with Crippen molar-refractivity contribution in [3.8, 4) is 0 Å². The Labute approximate surface area is 74.0 Å². The number of hydrogen-bond donors (Lipinski definition) is 0. The maximum absolute atomic E-state index is 0. The first-order valence-corrected chi connectivity index (χ1v) is 0. The molecule has 0 amide bonds. The molecule has 0 aromatic carbocycles. The van der Waals surface area contributed by atoms with Gasteiger partial charge in [0.15, 0.2) is 0 Å². The monoisotopic (exact) mass is 199 g/mol. The van der Waals surface area contributed by atoms with Crippen LogP contribution in [-0.4, -0.2) is 11.0 Å². The van der Waals surface area contributed by atoms with Crippen molar-refractivity contribution in [1.29, 1.82) is 0 Å². The molecule has 0 nitrogen and oxygen atoms in total. The van der Waals surface area contributed by atoms with Gasteiger partial charge in [0, 0.05) is 67.1 Å². The summed E-state index contributed by atoms with van der Waals surface area (Å²) in [4.78, 5) is 0. The van der Waals surface area contributed by atoms with E-state index in [1.54, 1.807) is 0 Å². The third-order valence-corrected chi connectivity index (χ3v) is 0. The van der Waals surface area contributed by atoms with Crippen LogP contribution in [0.5, 0.6) is 0 Å². The van der Waals surface area contributed by atoms with Crippen LogP contribution >= 0.6 is 0 Å². The molecule has 0 aromatic rings. The van der Waals surface area contributed by atoms with Crippen molar-refractivity contribution < 1.29 is 56.1 Å². The summed E-state index contributed by atoms with van der Waals surface area (Å²) >= 11 is 0. The van der Waals surface area contributed by atoms with Crippen molar-refractivity contribution in [3.63, 3.8) is 0 Å². The third-order valence-electron chi connectivity index (χ3n) is 0. The van der Waals surface area contributed by atoms with E-state index in [0.717, 1.165) is 0 Å². The molecule has 0 rings (SSSR count). The van der Waals surface area contributed by atoms with Crippen molar-refractivity contribution in [3.05, 3.63) is 0 Å². The van der Waals surface area contributed by atoms with Gasteiger partial charge in [0.1, 0.15) is 0 Å². The summed E-state index contributed by atoms with van der Waals surface area (Å²) in [5.41, 5.74) is 0. The minimum atomic E-state index is 0. The van der Waals surface area contributed by atoms with E-state index < -0.39 is 0 Å². The minimum Gasteiger partial charge on any atom is -0.0776 e. The molecule has 0 bridgehead atoms. The standard InChI is InChI=1S/CH4.Cr.Mn.Si.Ti/h1H4;;;;.